The standard InChI is InChI=1S/C8H4IN3O3/c9-5-1-4(3-10)7(8(11)13)6(2-5)12(14)15/h1-2H,(H2,11,13). The fraction of sp³-hybridized carbons (Fsp3) is 0. The van der Waals surface area contributed by atoms with E-state index in [9.17, 15) is 14.9 Å². The molecule has 0 atom stereocenters. The number of halogens is 1. The van der Waals surface area contributed by atoms with Crippen molar-refractivity contribution in [2.75, 3.05) is 0 Å². The SMILES string of the molecule is N#Cc1cc(I)cc([N+](=O)[O-])c1C(N)=O. The number of carbonyl (C=O) groups excluding carboxylic acids is 1. The maximum atomic E-state index is 11.0. The average molecular weight is 317 g/mol. The number of hydrogen-bond donors (Lipinski definition) is 1. The fourth-order valence-electron chi connectivity index (χ4n) is 1.08. The molecule has 15 heavy (non-hydrogen) atoms. The van der Waals surface area contributed by atoms with Gasteiger partial charge in [0, 0.05) is 9.64 Å². The van der Waals surface area contributed by atoms with E-state index in [4.69, 9.17) is 11.0 Å². The molecule has 7 heteroatoms. The van der Waals surface area contributed by atoms with Crippen LogP contribution in [0.15, 0.2) is 12.1 Å². The van der Waals surface area contributed by atoms with Crippen LogP contribution in [0.5, 0.6) is 0 Å². The van der Waals surface area contributed by atoms with Gasteiger partial charge in [-0.2, -0.15) is 5.26 Å². The number of benzene rings is 1. The van der Waals surface area contributed by atoms with Crippen molar-refractivity contribution >= 4 is 34.2 Å². The third-order valence-corrected chi connectivity index (χ3v) is 2.27. The second-order valence-corrected chi connectivity index (χ2v) is 3.83. The number of carbonyl (C=O) groups is 1. The minimum absolute atomic E-state index is 0.0823. The van der Waals surface area contributed by atoms with E-state index in [1.54, 1.807) is 6.07 Å². The van der Waals surface area contributed by atoms with Crippen molar-refractivity contribution in [2.24, 2.45) is 5.73 Å². The van der Waals surface area contributed by atoms with E-state index in [1.807, 2.05) is 22.6 Å². The number of rotatable bonds is 2. The molecule has 0 aromatic heterocycles. The molecule has 1 amide bonds. The Morgan fingerprint density at radius 1 is 1.60 bits per heavy atom. The summed E-state index contributed by atoms with van der Waals surface area (Å²) < 4.78 is 0.501. The highest BCUT2D eigenvalue weighted by Gasteiger charge is 2.23. The summed E-state index contributed by atoms with van der Waals surface area (Å²) in [5.41, 5.74) is 4.12. The Labute approximate surface area is 98.0 Å². The first kappa shape index (κ1) is 11.4. The van der Waals surface area contributed by atoms with E-state index < -0.39 is 16.5 Å². The van der Waals surface area contributed by atoms with E-state index in [0.29, 0.717) is 3.57 Å². The van der Waals surface area contributed by atoms with Crippen LogP contribution in [0.1, 0.15) is 15.9 Å². The largest absolute Gasteiger partial charge is 0.365 e. The topological polar surface area (TPSA) is 110 Å². The summed E-state index contributed by atoms with van der Waals surface area (Å²) in [4.78, 5) is 20.9. The highest BCUT2D eigenvalue weighted by Crippen LogP contribution is 2.24. The number of primary amides is 1. The zero-order valence-electron chi connectivity index (χ0n) is 7.23. The molecule has 6 nitrogen and oxygen atoms in total. The molecule has 0 aliphatic heterocycles. The highest BCUT2D eigenvalue weighted by molar-refractivity contribution is 14.1. The Morgan fingerprint density at radius 3 is 2.60 bits per heavy atom. The monoisotopic (exact) mass is 317 g/mol. The minimum Gasteiger partial charge on any atom is -0.365 e. The number of nitro benzene ring substituents is 1. The molecule has 0 aliphatic carbocycles. The summed E-state index contributed by atoms with van der Waals surface area (Å²) in [5.74, 6) is -0.977. The van der Waals surface area contributed by atoms with Crippen LogP contribution < -0.4 is 5.73 Å². The first-order valence-corrected chi connectivity index (χ1v) is 4.73. The molecule has 0 aliphatic rings. The van der Waals surface area contributed by atoms with Crippen LogP contribution >= 0.6 is 22.6 Å². The molecule has 0 spiro atoms. The number of nitrogens with zero attached hydrogens (tertiary/aromatic N) is 2. The summed E-state index contributed by atoms with van der Waals surface area (Å²) in [6.07, 6.45) is 0. The number of nitrogens with two attached hydrogens (primary N) is 1. The van der Waals surface area contributed by atoms with Crippen LogP contribution in [-0.2, 0) is 0 Å². The van der Waals surface area contributed by atoms with Gasteiger partial charge >= 0.3 is 0 Å². The van der Waals surface area contributed by atoms with E-state index in [0.717, 1.165) is 0 Å². The molecule has 1 rings (SSSR count). The van der Waals surface area contributed by atoms with Gasteiger partial charge in [-0.3, -0.25) is 14.9 Å². The van der Waals surface area contributed by atoms with Crippen molar-refractivity contribution in [1.82, 2.24) is 0 Å². The lowest BCUT2D eigenvalue weighted by molar-refractivity contribution is -0.385. The molecule has 1 aromatic carbocycles. The van der Waals surface area contributed by atoms with Gasteiger partial charge in [-0.1, -0.05) is 0 Å². The molecular formula is C8H4IN3O3. The summed E-state index contributed by atoms with van der Waals surface area (Å²) in [6, 6.07) is 4.27. The van der Waals surface area contributed by atoms with Gasteiger partial charge in [-0.15, -0.1) is 0 Å². The van der Waals surface area contributed by atoms with E-state index in [2.05, 4.69) is 0 Å². The first-order valence-electron chi connectivity index (χ1n) is 3.65. The number of amides is 1. The summed E-state index contributed by atoms with van der Waals surface area (Å²) >= 11 is 1.82. The molecule has 0 radical (unpaired) electrons. The van der Waals surface area contributed by atoms with Gasteiger partial charge in [0.2, 0.25) is 0 Å². The molecular weight excluding hydrogens is 313 g/mol. The molecule has 0 heterocycles. The van der Waals surface area contributed by atoms with E-state index in [1.165, 1.54) is 12.1 Å². The second kappa shape index (κ2) is 4.22. The lowest BCUT2D eigenvalue weighted by Gasteiger charge is -2.01. The predicted octanol–water partition coefficient (Wildman–Crippen LogP) is 1.17. The van der Waals surface area contributed by atoms with Crippen LogP contribution in [0.2, 0.25) is 0 Å². The second-order valence-electron chi connectivity index (χ2n) is 2.58. The van der Waals surface area contributed by atoms with Gasteiger partial charge in [0.1, 0.15) is 11.6 Å². The molecule has 0 bridgehead atoms. The Bertz CT molecular complexity index is 493. The molecule has 0 saturated heterocycles. The zero-order valence-corrected chi connectivity index (χ0v) is 9.39. The molecule has 0 unspecified atom stereocenters. The maximum absolute atomic E-state index is 11.0. The molecule has 0 fully saturated rings. The van der Waals surface area contributed by atoms with Gasteiger partial charge in [0.25, 0.3) is 11.6 Å². The molecule has 0 saturated carbocycles. The number of nitriles is 1. The average Bonchev–Trinajstić information content (AvgIpc) is 2.15. The number of hydrogen-bond acceptors (Lipinski definition) is 4. The van der Waals surface area contributed by atoms with Crippen LogP contribution in [0.3, 0.4) is 0 Å². The van der Waals surface area contributed by atoms with Crippen molar-refractivity contribution in [1.29, 1.82) is 5.26 Å². The Morgan fingerprint density at radius 2 is 2.20 bits per heavy atom. The van der Waals surface area contributed by atoms with E-state index in [-0.39, 0.29) is 11.1 Å². The molecule has 76 valence electrons. The van der Waals surface area contributed by atoms with Gasteiger partial charge in [-0.25, -0.2) is 0 Å². The summed E-state index contributed by atoms with van der Waals surface area (Å²) in [5, 5.41) is 19.3. The van der Waals surface area contributed by atoms with Crippen molar-refractivity contribution in [2.45, 2.75) is 0 Å². The van der Waals surface area contributed by atoms with Crippen LogP contribution in [-0.4, -0.2) is 10.8 Å². The van der Waals surface area contributed by atoms with Crippen LogP contribution in [0.25, 0.3) is 0 Å². The fourth-order valence-corrected chi connectivity index (χ4v) is 1.69. The van der Waals surface area contributed by atoms with Crippen molar-refractivity contribution in [3.8, 4) is 6.07 Å². The van der Waals surface area contributed by atoms with E-state index >= 15 is 0 Å². The first-order chi connectivity index (χ1) is 6.97. The third-order valence-electron chi connectivity index (χ3n) is 1.65. The minimum atomic E-state index is -0.977. The van der Waals surface area contributed by atoms with Crippen molar-refractivity contribution in [3.63, 3.8) is 0 Å². The van der Waals surface area contributed by atoms with Gasteiger partial charge in [0.15, 0.2) is 0 Å². The molecule has 2 N–H and O–H groups in total. The third kappa shape index (κ3) is 2.21. The van der Waals surface area contributed by atoms with Gasteiger partial charge < -0.3 is 5.73 Å². The van der Waals surface area contributed by atoms with Crippen LogP contribution in [0.4, 0.5) is 5.69 Å². The lowest BCUT2D eigenvalue weighted by Crippen LogP contribution is -2.15. The maximum Gasteiger partial charge on any atom is 0.284 e. The normalized spacial score (nSPS) is 9.33. The zero-order chi connectivity index (χ0) is 11.6. The van der Waals surface area contributed by atoms with Gasteiger partial charge in [-0.05, 0) is 28.7 Å². The summed E-state index contributed by atoms with van der Waals surface area (Å²) in [7, 11) is 0. The number of nitro groups is 1. The van der Waals surface area contributed by atoms with Crippen molar-refractivity contribution in [3.05, 3.63) is 36.9 Å². The quantitative estimate of drug-likeness (QED) is 0.501. The predicted molar refractivity (Wildman–Crippen MR) is 59.0 cm³/mol. The van der Waals surface area contributed by atoms with Crippen molar-refractivity contribution < 1.29 is 9.72 Å². The Balaban J connectivity index is 3.64. The Kier molecular flexibility index (Phi) is 3.21. The highest BCUT2D eigenvalue weighted by atomic mass is 127. The molecule has 1 aromatic rings. The smallest absolute Gasteiger partial charge is 0.284 e. The summed E-state index contributed by atoms with van der Waals surface area (Å²) in [6.45, 7) is 0. The van der Waals surface area contributed by atoms with Crippen LogP contribution in [0, 0.1) is 25.0 Å². The van der Waals surface area contributed by atoms with Gasteiger partial charge in [0.05, 0.1) is 10.5 Å². The lowest BCUT2D eigenvalue weighted by atomic mass is 10.1. The Hall–Kier alpha value is -1.69.